The number of piperidine rings is 1. The Bertz CT molecular complexity index is 1160. The lowest BCUT2D eigenvalue weighted by Gasteiger charge is -2.30. The highest BCUT2D eigenvalue weighted by molar-refractivity contribution is 5.67. The van der Waals surface area contributed by atoms with Crippen molar-refractivity contribution < 1.29 is 22.7 Å². The molecule has 33 heavy (non-hydrogen) atoms. The van der Waals surface area contributed by atoms with Crippen LogP contribution in [0.2, 0.25) is 0 Å². The Labute approximate surface area is 187 Å². The van der Waals surface area contributed by atoms with E-state index >= 15 is 0 Å². The number of ether oxygens (including phenoxy) is 1. The van der Waals surface area contributed by atoms with Crippen molar-refractivity contribution in [2.75, 3.05) is 13.1 Å². The molecule has 1 amide bonds. The number of nitrogens with zero attached hydrogens (tertiary/aromatic N) is 5. The molecule has 1 aromatic carbocycles. The number of carbonyl (C=O) groups is 1. The van der Waals surface area contributed by atoms with Crippen molar-refractivity contribution in [3.05, 3.63) is 65.5 Å². The smallest absolute Gasteiger partial charge is 0.433 e. The SMILES string of the molecule is N#Cc1nccc(-c2nc(C3CCN(C(=O)OCc4ccccc4)CC3)[nH]c2C(F)(F)F)n1. The third kappa shape index (κ3) is 5.11. The van der Waals surface area contributed by atoms with Gasteiger partial charge in [-0.05, 0) is 24.5 Å². The summed E-state index contributed by atoms with van der Waals surface area (Å²) in [4.78, 5) is 28.0. The number of halogens is 3. The van der Waals surface area contributed by atoms with E-state index in [0.29, 0.717) is 25.9 Å². The lowest BCUT2D eigenvalue weighted by Crippen LogP contribution is -2.38. The number of H-pyrrole nitrogens is 1. The second-order valence-electron chi connectivity index (χ2n) is 7.52. The highest BCUT2D eigenvalue weighted by Crippen LogP contribution is 2.37. The predicted molar refractivity (Wildman–Crippen MR) is 110 cm³/mol. The summed E-state index contributed by atoms with van der Waals surface area (Å²) < 4.78 is 46.3. The van der Waals surface area contributed by atoms with E-state index in [1.54, 1.807) is 6.07 Å². The second kappa shape index (κ2) is 9.28. The number of benzene rings is 1. The average molecular weight is 456 g/mol. The molecule has 3 aromatic rings. The number of nitriles is 1. The minimum absolute atomic E-state index is 0.0849. The summed E-state index contributed by atoms with van der Waals surface area (Å²) in [6.07, 6.45) is -3.07. The first-order valence-corrected chi connectivity index (χ1v) is 10.2. The largest absolute Gasteiger partial charge is 0.445 e. The number of hydrogen-bond donors (Lipinski definition) is 1. The van der Waals surface area contributed by atoms with Crippen LogP contribution in [0.25, 0.3) is 11.4 Å². The highest BCUT2D eigenvalue weighted by atomic mass is 19.4. The van der Waals surface area contributed by atoms with Crippen molar-refractivity contribution in [3.63, 3.8) is 0 Å². The molecule has 0 radical (unpaired) electrons. The van der Waals surface area contributed by atoms with Gasteiger partial charge >= 0.3 is 12.3 Å². The highest BCUT2D eigenvalue weighted by Gasteiger charge is 2.39. The maximum absolute atomic E-state index is 13.6. The van der Waals surface area contributed by atoms with E-state index in [0.717, 1.165) is 5.56 Å². The summed E-state index contributed by atoms with van der Waals surface area (Å²) in [6, 6.07) is 12.3. The fraction of sp³-hybridized carbons (Fsp3) is 0.318. The maximum atomic E-state index is 13.6. The van der Waals surface area contributed by atoms with Crippen LogP contribution in [0.5, 0.6) is 0 Å². The van der Waals surface area contributed by atoms with E-state index in [-0.39, 0.29) is 35.6 Å². The van der Waals surface area contributed by atoms with E-state index in [1.807, 2.05) is 30.3 Å². The summed E-state index contributed by atoms with van der Waals surface area (Å²) in [5.74, 6) is -0.366. The van der Waals surface area contributed by atoms with Crippen LogP contribution < -0.4 is 0 Å². The van der Waals surface area contributed by atoms with E-state index in [2.05, 4.69) is 19.9 Å². The topological polar surface area (TPSA) is 108 Å². The molecule has 11 heteroatoms. The number of alkyl halides is 3. The molecule has 8 nitrogen and oxygen atoms in total. The lowest BCUT2D eigenvalue weighted by molar-refractivity contribution is -0.140. The molecule has 0 spiro atoms. The summed E-state index contributed by atoms with van der Waals surface area (Å²) in [7, 11) is 0. The summed E-state index contributed by atoms with van der Waals surface area (Å²) in [5.41, 5.74) is -0.614. The average Bonchev–Trinajstić information content (AvgIpc) is 3.30. The van der Waals surface area contributed by atoms with Crippen LogP contribution in [0.1, 0.15) is 41.7 Å². The number of amides is 1. The van der Waals surface area contributed by atoms with Crippen LogP contribution in [-0.2, 0) is 17.5 Å². The molecule has 1 fully saturated rings. The molecule has 0 atom stereocenters. The van der Waals surface area contributed by atoms with E-state index in [9.17, 15) is 18.0 Å². The molecular weight excluding hydrogens is 437 g/mol. The van der Waals surface area contributed by atoms with Crippen molar-refractivity contribution in [2.45, 2.75) is 31.5 Å². The number of aromatic amines is 1. The molecule has 0 unspecified atom stereocenters. The molecule has 0 saturated carbocycles. The Kier molecular flexibility index (Phi) is 6.26. The third-order valence-electron chi connectivity index (χ3n) is 5.35. The predicted octanol–water partition coefficient (Wildman–Crippen LogP) is 4.27. The van der Waals surface area contributed by atoms with Crippen molar-refractivity contribution in [1.82, 2.24) is 24.8 Å². The van der Waals surface area contributed by atoms with Gasteiger partial charge in [0.25, 0.3) is 0 Å². The number of nitrogens with one attached hydrogen (secondary N) is 1. The molecule has 3 heterocycles. The van der Waals surface area contributed by atoms with Crippen LogP contribution in [0.15, 0.2) is 42.6 Å². The second-order valence-corrected chi connectivity index (χ2v) is 7.52. The quantitative estimate of drug-likeness (QED) is 0.628. The van der Waals surface area contributed by atoms with E-state index in [4.69, 9.17) is 10.00 Å². The monoisotopic (exact) mass is 456 g/mol. The number of likely N-dealkylation sites (tertiary alicyclic amines) is 1. The van der Waals surface area contributed by atoms with Gasteiger partial charge in [-0.2, -0.15) is 18.4 Å². The first kappa shape index (κ1) is 22.3. The van der Waals surface area contributed by atoms with Crippen LogP contribution in [0.4, 0.5) is 18.0 Å². The first-order chi connectivity index (χ1) is 15.8. The molecule has 1 saturated heterocycles. The molecular formula is C22H19F3N6O2. The van der Waals surface area contributed by atoms with Crippen molar-refractivity contribution in [3.8, 4) is 17.5 Å². The number of rotatable bonds is 4. The Morgan fingerprint density at radius 2 is 1.91 bits per heavy atom. The van der Waals surface area contributed by atoms with Gasteiger partial charge in [0.2, 0.25) is 5.82 Å². The van der Waals surface area contributed by atoms with Gasteiger partial charge < -0.3 is 14.6 Å². The van der Waals surface area contributed by atoms with Crippen molar-refractivity contribution in [1.29, 1.82) is 5.26 Å². The summed E-state index contributed by atoms with van der Waals surface area (Å²) >= 11 is 0. The van der Waals surface area contributed by atoms with Crippen molar-refractivity contribution >= 4 is 6.09 Å². The van der Waals surface area contributed by atoms with Crippen LogP contribution in [0, 0.1) is 11.3 Å². The molecule has 1 aliphatic rings. The standard InChI is InChI=1S/C22H19F3N6O2/c23-22(24,25)19-18(16-6-9-27-17(12-26)28-16)29-20(30-19)15-7-10-31(11-8-15)21(32)33-13-14-4-2-1-3-5-14/h1-6,9,15H,7-8,10-11,13H2,(H,29,30). The van der Waals surface area contributed by atoms with Gasteiger partial charge in [-0.15, -0.1) is 0 Å². The van der Waals surface area contributed by atoms with Crippen LogP contribution in [0.3, 0.4) is 0 Å². The Hall–Kier alpha value is -3.94. The van der Waals surface area contributed by atoms with Gasteiger partial charge in [-0.25, -0.2) is 19.7 Å². The zero-order chi connectivity index (χ0) is 23.4. The Morgan fingerprint density at radius 3 is 2.58 bits per heavy atom. The number of carbonyl (C=O) groups excluding carboxylic acids is 1. The van der Waals surface area contributed by atoms with Crippen LogP contribution in [-0.4, -0.2) is 44.0 Å². The molecule has 0 bridgehead atoms. The van der Waals surface area contributed by atoms with Gasteiger partial charge in [0.1, 0.15) is 29.9 Å². The van der Waals surface area contributed by atoms with Crippen molar-refractivity contribution in [2.24, 2.45) is 0 Å². The Balaban J connectivity index is 1.45. The Morgan fingerprint density at radius 1 is 1.18 bits per heavy atom. The zero-order valence-electron chi connectivity index (χ0n) is 17.3. The summed E-state index contributed by atoms with van der Waals surface area (Å²) in [6.45, 7) is 0.823. The molecule has 2 aromatic heterocycles. The molecule has 1 aliphatic heterocycles. The first-order valence-electron chi connectivity index (χ1n) is 10.2. The van der Waals surface area contributed by atoms with Gasteiger partial charge in [0.15, 0.2) is 0 Å². The van der Waals surface area contributed by atoms with E-state index < -0.39 is 18.0 Å². The minimum Gasteiger partial charge on any atom is -0.445 e. The van der Waals surface area contributed by atoms with Crippen LogP contribution >= 0.6 is 0 Å². The maximum Gasteiger partial charge on any atom is 0.433 e. The molecule has 1 N–H and O–H groups in total. The van der Waals surface area contributed by atoms with Gasteiger partial charge in [0, 0.05) is 25.2 Å². The fourth-order valence-electron chi connectivity index (χ4n) is 3.67. The molecule has 4 rings (SSSR count). The normalized spacial score (nSPS) is 14.7. The molecule has 170 valence electrons. The fourth-order valence-corrected chi connectivity index (χ4v) is 3.67. The number of aromatic nitrogens is 4. The lowest BCUT2D eigenvalue weighted by atomic mass is 9.96. The number of hydrogen-bond acceptors (Lipinski definition) is 6. The van der Waals surface area contributed by atoms with E-state index in [1.165, 1.54) is 17.2 Å². The zero-order valence-corrected chi connectivity index (χ0v) is 17.3. The third-order valence-corrected chi connectivity index (χ3v) is 5.35. The minimum atomic E-state index is -4.68. The van der Waals surface area contributed by atoms with Gasteiger partial charge in [0.05, 0.1) is 5.69 Å². The summed E-state index contributed by atoms with van der Waals surface area (Å²) in [5, 5.41) is 8.95. The van der Waals surface area contributed by atoms with Gasteiger partial charge in [-0.1, -0.05) is 30.3 Å². The number of imidazole rings is 1. The molecule has 0 aliphatic carbocycles. The van der Waals surface area contributed by atoms with Gasteiger partial charge in [-0.3, -0.25) is 0 Å².